The minimum atomic E-state index is -0.177. The van der Waals surface area contributed by atoms with Crippen molar-refractivity contribution < 1.29 is 4.79 Å². The number of nitrogens with one attached hydrogen (secondary N) is 1. The second-order valence-corrected chi connectivity index (χ2v) is 7.97. The third-order valence-electron chi connectivity index (χ3n) is 2.82. The molecule has 3 nitrogen and oxygen atoms in total. The molecule has 2 aromatic rings. The first-order chi connectivity index (χ1) is 8.88. The third-order valence-corrected chi connectivity index (χ3v) is 5.15. The maximum absolute atomic E-state index is 12.2. The van der Waals surface area contributed by atoms with Crippen LogP contribution in [0, 0.1) is 13.8 Å². The number of rotatable bonds is 2. The number of hydrogen-bond acceptors (Lipinski definition) is 3. The van der Waals surface area contributed by atoms with Crippen molar-refractivity contribution in [3.8, 4) is 0 Å². The van der Waals surface area contributed by atoms with E-state index in [9.17, 15) is 4.79 Å². The van der Waals surface area contributed by atoms with Gasteiger partial charge in [0.25, 0.3) is 5.91 Å². The summed E-state index contributed by atoms with van der Waals surface area (Å²) in [6, 6.07) is 5.53. The van der Waals surface area contributed by atoms with Gasteiger partial charge in [-0.25, -0.2) is 0 Å². The van der Waals surface area contributed by atoms with Crippen molar-refractivity contribution in [1.29, 1.82) is 0 Å². The van der Waals surface area contributed by atoms with E-state index in [4.69, 9.17) is 5.73 Å². The van der Waals surface area contributed by atoms with Crippen molar-refractivity contribution in [1.82, 2.24) is 0 Å². The van der Waals surface area contributed by atoms with Crippen molar-refractivity contribution in [2.24, 2.45) is 0 Å². The van der Waals surface area contributed by atoms with Gasteiger partial charge in [0.15, 0.2) is 0 Å². The molecule has 0 spiro atoms. The Kier molecular flexibility index (Phi) is 4.32. The number of benzene rings is 1. The van der Waals surface area contributed by atoms with Gasteiger partial charge < -0.3 is 11.1 Å². The lowest BCUT2D eigenvalue weighted by Crippen LogP contribution is -2.13. The smallest absolute Gasteiger partial charge is 0.257 e. The summed E-state index contributed by atoms with van der Waals surface area (Å²) in [5, 5.41) is 2.84. The second-order valence-electron chi connectivity index (χ2n) is 4.22. The average Bonchev–Trinajstić information content (AvgIpc) is 2.65. The van der Waals surface area contributed by atoms with Crippen LogP contribution in [0.25, 0.3) is 0 Å². The van der Waals surface area contributed by atoms with Crippen LogP contribution < -0.4 is 11.1 Å². The summed E-state index contributed by atoms with van der Waals surface area (Å²) in [5.41, 5.74) is 9.93. The standard InChI is InChI=1S/C13H12Br2N2OS/c1-6-3-9(16)10(4-7(6)2)17-13(18)8-5-11(14)19-12(8)15/h3-5H,16H2,1-2H3,(H,17,18). The van der Waals surface area contributed by atoms with Gasteiger partial charge in [-0.3, -0.25) is 4.79 Å². The summed E-state index contributed by atoms with van der Waals surface area (Å²) in [4.78, 5) is 12.2. The van der Waals surface area contributed by atoms with Gasteiger partial charge in [0.2, 0.25) is 0 Å². The van der Waals surface area contributed by atoms with Crippen LogP contribution in [0.15, 0.2) is 25.8 Å². The number of anilines is 2. The predicted molar refractivity (Wildman–Crippen MR) is 88.0 cm³/mol. The third kappa shape index (κ3) is 3.19. The van der Waals surface area contributed by atoms with E-state index < -0.39 is 0 Å². The zero-order valence-corrected chi connectivity index (χ0v) is 14.4. The molecule has 0 bridgehead atoms. The van der Waals surface area contributed by atoms with Gasteiger partial charge in [-0.2, -0.15) is 0 Å². The van der Waals surface area contributed by atoms with E-state index in [0.717, 1.165) is 18.7 Å². The molecule has 0 aliphatic rings. The van der Waals surface area contributed by atoms with Gasteiger partial charge in [0, 0.05) is 0 Å². The van der Waals surface area contributed by atoms with E-state index in [1.807, 2.05) is 26.0 Å². The second kappa shape index (κ2) is 5.64. The quantitative estimate of drug-likeness (QED) is 0.712. The lowest BCUT2D eigenvalue weighted by Gasteiger charge is -2.10. The SMILES string of the molecule is Cc1cc(N)c(NC(=O)c2cc(Br)sc2Br)cc1C. The first-order valence-electron chi connectivity index (χ1n) is 5.51. The summed E-state index contributed by atoms with van der Waals surface area (Å²) in [5.74, 6) is -0.177. The number of thiophene rings is 1. The number of nitrogen functional groups attached to an aromatic ring is 1. The maximum Gasteiger partial charge on any atom is 0.257 e. The minimum absolute atomic E-state index is 0.177. The van der Waals surface area contributed by atoms with Gasteiger partial charge in [-0.1, -0.05) is 0 Å². The highest BCUT2D eigenvalue weighted by atomic mass is 79.9. The van der Waals surface area contributed by atoms with Gasteiger partial charge in [-0.05, 0) is 75.0 Å². The van der Waals surface area contributed by atoms with Crippen LogP contribution in [0.2, 0.25) is 0 Å². The molecular weight excluding hydrogens is 392 g/mol. The van der Waals surface area contributed by atoms with Crippen LogP contribution in [0.5, 0.6) is 0 Å². The van der Waals surface area contributed by atoms with Gasteiger partial charge in [-0.15, -0.1) is 11.3 Å². The Morgan fingerprint density at radius 2 is 1.84 bits per heavy atom. The van der Waals surface area contributed by atoms with E-state index >= 15 is 0 Å². The molecule has 19 heavy (non-hydrogen) atoms. The number of halogens is 2. The molecule has 2 rings (SSSR count). The van der Waals surface area contributed by atoms with Gasteiger partial charge in [0.05, 0.1) is 24.5 Å². The van der Waals surface area contributed by atoms with Crippen LogP contribution in [0.1, 0.15) is 21.5 Å². The lowest BCUT2D eigenvalue weighted by atomic mass is 10.1. The molecule has 100 valence electrons. The van der Waals surface area contributed by atoms with Crippen molar-refractivity contribution >= 4 is 60.5 Å². The molecule has 0 saturated carbocycles. The molecule has 1 heterocycles. The van der Waals surface area contributed by atoms with Crippen molar-refractivity contribution in [2.45, 2.75) is 13.8 Å². The molecule has 0 fully saturated rings. The molecule has 0 aliphatic carbocycles. The zero-order chi connectivity index (χ0) is 14.2. The largest absolute Gasteiger partial charge is 0.397 e. The fraction of sp³-hybridized carbons (Fsp3) is 0.154. The molecule has 1 amide bonds. The van der Waals surface area contributed by atoms with E-state index in [1.165, 1.54) is 11.3 Å². The molecule has 0 unspecified atom stereocenters. The molecular formula is C13H12Br2N2OS. The number of carbonyl (C=O) groups is 1. The predicted octanol–water partition coefficient (Wildman–Crippen LogP) is 4.72. The van der Waals surface area contributed by atoms with Gasteiger partial charge >= 0.3 is 0 Å². The topological polar surface area (TPSA) is 55.1 Å². The van der Waals surface area contributed by atoms with Crippen LogP contribution in [0.4, 0.5) is 11.4 Å². The van der Waals surface area contributed by atoms with E-state index in [-0.39, 0.29) is 5.91 Å². The Labute approximate surface area is 132 Å². The summed E-state index contributed by atoms with van der Waals surface area (Å²) in [6.45, 7) is 3.98. The molecule has 3 N–H and O–H groups in total. The summed E-state index contributed by atoms with van der Waals surface area (Å²) >= 11 is 8.19. The van der Waals surface area contributed by atoms with Gasteiger partial charge in [0.1, 0.15) is 0 Å². The highest BCUT2D eigenvalue weighted by Crippen LogP contribution is 2.33. The molecule has 0 radical (unpaired) electrons. The average molecular weight is 404 g/mol. The van der Waals surface area contributed by atoms with Crippen molar-refractivity contribution in [2.75, 3.05) is 11.1 Å². The van der Waals surface area contributed by atoms with E-state index in [0.29, 0.717) is 16.9 Å². The monoisotopic (exact) mass is 402 g/mol. The maximum atomic E-state index is 12.2. The molecule has 0 atom stereocenters. The van der Waals surface area contributed by atoms with E-state index in [1.54, 1.807) is 6.07 Å². The van der Waals surface area contributed by atoms with Crippen molar-refractivity contribution in [3.63, 3.8) is 0 Å². The first kappa shape index (κ1) is 14.6. The highest BCUT2D eigenvalue weighted by molar-refractivity contribution is 9.12. The summed E-state index contributed by atoms with van der Waals surface area (Å²) in [6.07, 6.45) is 0. The summed E-state index contributed by atoms with van der Waals surface area (Å²) < 4.78 is 1.69. The Hall–Kier alpha value is -0.850. The van der Waals surface area contributed by atoms with Crippen LogP contribution in [0.3, 0.4) is 0 Å². The number of nitrogens with two attached hydrogens (primary N) is 1. The normalized spacial score (nSPS) is 10.5. The number of hydrogen-bond donors (Lipinski definition) is 2. The fourth-order valence-electron chi connectivity index (χ4n) is 1.63. The first-order valence-corrected chi connectivity index (χ1v) is 7.91. The summed E-state index contributed by atoms with van der Waals surface area (Å²) in [7, 11) is 0. The van der Waals surface area contributed by atoms with Crippen LogP contribution in [-0.2, 0) is 0 Å². The molecule has 1 aromatic heterocycles. The van der Waals surface area contributed by atoms with Crippen LogP contribution in [-0.4, -0.2) is 5.91 Å². The van der Waals surface area contributed by atoms with Crippen LogP contribution >= 0.6 is 43.2 Å². The molecule has 0 saturated heterocycles. The lowest BCUT2D eigenvalue weighted by molar-refractivity contribution is 0.102. The molecule has 0 aliphatic heterocycles. The van der Waals surface area contributed by atoms with Crippen molar-refractivity contribution in [3.05, 3.63) is 42.5 Å². The Balaban J connectivity index is 2.29. The molecule has 6 heteroatoms. The number of carbonyl (C=O) groups excluding carboxylic acids is 1. The Morgan fingerprint density at radius 3 is 2.42 bits per heavy atom. The highest BCUT2D eigenvalue weighted by Gasteiger charge is 2.15. The number of amides is 1. The minimum Gasteiger partial charge on any atom is -0.397 e. The Bertz CT molecular complexity index is 652. The Morgan fingerprint density at radius 1 is 1.21 bits per heavy atom. The molecule has 1 aromatic carbocycles. The zero-order valence-electron chi connectivity index (χ0n) is 10.4. The van der Waals surface area contributed by atoms with E-state index in [2.05, 4.69) is 37.2 Å². The number of aryl methyl sites for hydroxylation is 2. The fourth-order valence-corrected chi connectivity index (χ4v) is 4.42.